The molecule has 3 aliphatic heterocycles. The third-order valence-electron chi connectivity index (χ3n) is 5.89. The van der Waals surface area contributed by atoms with E-state index in [1.54, 1.807) is 18.2 Å². The third-order valence-corrected chi connectivity index (χ3v) is 6.97. The Morgan fingerprint density at radius 3 is 2.78 bits per heavy atom. The van der Waals surface area contributed by atoms with E-state index in [9.17, 15) is 22.8 Å². The lowest BCUT2D eigenvalue weighted by molar-refractivity contribution is -0.136. The Kier molecular flexibility index (Phi) is 3.98. The topological polar surface area (TPSA) is 80.8 Å². The van der Waals surface area contributed by atoms with E-state index in [4.69, 9.17) is 9.47 Å². The highest BCUT2D eigenvalue weighted by Gasteiger charge is 2.43. The van der Waals surface area contributed by atoms with Crippen molar-refractivity contribution in [1.29, 1.82) is 0 Å². The van der Waals surface area contributed by atoms with Gasteiger partial charge >= 0.3 is 6.18 Å². The lowest BCUT2D eigenvalue weighted by Gasteiger charge is -2.19. The van der Waals surface area contributed by atoms with Crippen LogP contribution in [0.15, 0.2) is 24.3 Å². The van der Waals surface area contributed by atoms with Crippen molar-refractivity contribution in [1.82, 2.24) is 9.88 Å². The number of aromatic nitrogens is 1. The standard InChI is InChI=1S/C21H14F3N3O4S/c22-21(23,24)10-7-11(9-3-4-13-14(6-9)31-8-30-13)25-19-15(10)16-17(32-19)20(29)27-5-1-2-12(27)18(28)26-16/h3-4,6-7,12H,1-2,5,8H2,(H,26,28)/t12-/m1/s1. The number of nitrogens with one attached hydrogen (secondary N) is 1. The van der Waals surface area contributed by atoms with Crippen LogP contribution in [-0.2, 0) is 11.0 Å². The predicted octanol–water partition coefficient (Wildman–Crippen LogP) is 4.27. The highest BCUT2D eigenvalue weighted by Crippen LogP contribution is 2.47. The molecule has 0 radical (unpaired) electrons. The number of nitrogens with zero attached hydrogens (tertiary/aromatic N) is 2. The number of fused-ring (bicyclic) bond motifs is 5. The second kappa shape index (κ2) is 6.58. The summed E-state index contributed by atoms with van der Waals surface area (Å²) in [6.07, 6.45) is -3.56. The van der Waals surface area contributed by atoms with Gasteiger partial charge in [0.15, 0.2) is 11.5 Å². The van der Waals surface area contributed by atoms with Gasteiger partial charge in [-0.25, -0.2) is 4.98 Å². The summed E-state index contributed by atoms with van der Waals surface area (Å²) < 4.78 is 53.0. The molecule has 11 heteroatoms. The molecule has 2 amide bonds. The predicted molar refractivity (Wildman–Crippen MR) is 109 cm³/mol. The average molecular weight is 461 g/mol. The molecule has 0 bridgehead atoms. The van der Waals surface area contributed by atoms with Gasteiger partial charge in [0.25, 0.3) is 5.91 Å². The summed E-state index contributed by atoms with van der Waals surface area (Å²) in [5, 5.41) is 2.33. The number of anilines is 1. The second-order valence-corrected chi connectivity index (χ2v) is 8.75. The minimum atomic E-state index is -4.72. The Bertz CT molecular complexity index is 1320. The van der Waals surface area contributed by atoms with Crippen molar-refractivity contribution in [3.05, 3.63) is 34.7 Å². The molecule has 1 atom stereocenters. The minimum Gasteiger partial charge on any atom is -0.454 e. The molecule has 0 unspecified atom stereocenters. The Morgan fingerprint density at radius 1 is 1.16 bits per heavy atom. The first kappa shape index (κ1) is 19.4. The Labute approximate surface area is 182 Å². The van der Waals surface area contributed by atoms with Crippen molar-refractivity contribution >= 4 is 39.1 Å². The molecular formula is C21H14F3N3O4S. The number of pyridine rings is 1. The number of thiophene rings is 1. The van der Waals surface area contributed by atoms with Gasteiger partial charge in [0.05, 0.1) is 16.9 Å². The van der Waals surface area contributed by atoms with E-state index < -0.39 is 29.6 Å². The van der Waals surface area contributed by atoms with Gasteiger partial charge in [0.2, 0.25) is 12.7 Å². The van der Waals surface area contributed by atoms with Crippen LogP contribution in [0.1, 0.15) is 28.1 Å². The van der Waals surface area contributed by atoms with Crippen LogP contribution >= 0.6 is 11.3 Å². The quantitative estimate of drug-likeness (QED) is 0.586. The molecule has 5 heterocycles. The van der Waals surface area contributed by atoms with Crippen molar-refractivity contribution in [2.24, 2.45) is 0 Å². The van der Waals surface area contributed by atoms with E-state index >= 15 is 0 Å². The Hall–Kier alpha value is -3.34. The molecule has 164 valence electrons. The van der Waals surface area contributed by atoms with Gasteiger partial charge in [-0.1, -0.05) is 0 Å². The van der Waals surface area contributed by atoms with Crippen LogP contribution in [0.3, 0.4) is 0 Å². The lowest BCUT2D eigenvalue weighted by Crippen LogP contribution is -2.40. The number of halogens is 3. The smallest absolute Gasteiger partial charge is 0.417 e. The van der Waals surface area contributed by atoms with Crippen molar-refractivity contribution in [2.45, 2.75) is 25.1 Å². The van der Waals surface area contributed by atoms with E-state index in [-0.39, 0.29) is 33.3 Å². The van der Waals surface area contributed by atoms with Gasteiger partial charge in [0.1, 0.15) is 15.7 Å². The molecule has 32 heavy (non-hydrogen) atoms. The Morgan fingerprint density at radius 2 is 1.97 bits per heavy atom. The number of rotatable bonds is 1. The highest BCUT2D eigenvalue weighted by molar-refractivity contribution is 7.21. The fourth-order valence-corrected chi connectivity index (χ4v) is 5.53. The molecular weight excluding hydrogens is 447 g/mol. The molecule has 1 fully saturated rings. The number of benzene rings is 1. The minimum absolute atomic E-state index is 0.0313. The van der Waals surface area contributed by atoms with Crippen LogP contribution in [-0.4, -0.2) is 41.1 Å². The van der Waals surface area contributed by atoms with Crippen LogP contribution in [0.5, 0.6) is 11.5 Å². The van der Waals surface area contributed by atoms with Crippen LogP contribution in [0.2, 0.25) is 0 Å². The van der Waals surface area contributed by atoms with Crippen molar-refractivity contribution in [3.63, 3.8) is 0 Å². The van der Waals surface area contributed by atoms with Crippen molar-refractivity contribution in [2.75, 3.05) is 18.7 Å². The zero-order valence-electron chi connectivity index (χ0n) is 16.3. The monoisotopic (exact) mass is 461 g/mol. The molecule has 6 rings (SSSR count). The van der Waals surface area contributed by atoms with Gasteiger partial charge in [-0.3, -0.25) is 9.59 Å². The maximum atomic E-state index is 14.1. The second-order valence-electron chi connectivity index (χ2n) is 7.75. The number of alkyl halides is 3. The number of ether oxygens (including phenoxy) is 2. The van der Waals surface area contributed by atoms with Gasteiger partial charge in [-0.2, -0.15) is 13.2 Å². The van der Waals surface area contributed by atoms with E-state index in [2.05, 4.69) is 10.3 Å². The zero-order chi connectivity index (χ0) is 22.2. The summed E-state index contributed by atoms with van der Waals surface area (Å²) in [5.41, 5.74) is -0.563. The third kappa shape index (κ3) is 2.77. The molecule has 3 aliphatic rings. The number of carbonyl (C=O) groups excluding carboxylic acids is 2. The molecule has 7 nitrogen and oxygen atoms in total. The lowest BCUT2D eigenvalue weighted by atomic mass is 10.0. The summed E-state index contributed by atoms with van der Waals surface area (Å²) in [6, 6.07) is 5.05. The maximum absolute atomic E-state index is 14.1. The van der Waals surface area contributed by atoms with Crippen LogP contribution in [0, 0.1) is 0 Å². The van der Waals surface area contributed by atoms with Crippen LogP contribution in [0.25, 0.3) is 21.5 Å². The summed E-state index contributed by atoms with van der Waals surface area (Å²) in [5.74, 6) is 0.00787. The first-order valence-electron chi connectivity index (χ1n) is 9.88. The highest BCUT2D eigenvalue weighted by atomic mass is 32.1. The van der Waals surface area contributed by atoms with Gasteiger partial charge in [-0.15, -0.1) is 11.3 Å². The summed E-state index contributed by atoms with van der Waals surface area (Å²) >= 11 is 0.864. The van der Waals surface area contributed by atoms with Crippen LogP contribution < -0.4 is 14.8 Å². The van der Waals surface area contributed by atoms with E-state index in [1.807, 2.05) is 0 Å². The van der Waals surface area contributed by atoms with Crippen molar-refractivity contribution in [3.8, 4) is 22.8 Å². The molecule has 3 aromatic rings. The first-order chi connectivity index (χ1) is 15.3. The summed E-state index contributed by atoms with van der Waals surface area (Å²) in [6.45, 7) is 0.433. The largest absolute Gasteiger partial charge is 0.454 e. The molecule has 1 saturated heterocycles. The van der Waals surface area contributed by atoms with E-state index in [0.29, 0.717) is 36.4 Å². The SMILES string of the molecule is O=C1Nc2c(sc3nc(-c4ccc5c(c4)OCO5)cc(C(F)(F)F)c23)C(=O)N2CCC[C@H]12. The molecule has 1 N–H and O–H groups in total. The van der Waals surface area contributed by atoms with Gasteiger partial charge in [-0.05, 0) is 37.1 Å². The maximum Gasteiger partial charge on any atom is 0.417 e. The van der Waals surface area contributed by atoms with E-state index in [1.165, 1.54) is 4.90 Å². The summed E-state index contributed by atoms with van der Waals surface area (Å²) in [7, 11) is 0. The average Bonchev–Trinajstić information content (AvgIpc) is 3.48. The van der Waals surface area contributed by atoms with Crippen LogP contribution in [0.4, 0.5) is 18.9 Å². The molecule has 1 aromatic carbocycles. The van der Waals surface area contributed by atoms with E-state index in [0.717, 1.165) is 17.4 Å². The molecule has 2 aromatic heterocycles. The number of hydrogen-bond acceptors (Lipinski definition) is 6. The fraction of sp³-hybridized carbons (Fsp3) is 0.286. The molecule has 0 saturated carbocycles. The number of amides is 2. The summed E-state index contributed by atoms with van der Waals surface area (Å²) in [4.78, 5) is 31.7. The normalized spacial score (nSPS) is 19.7. The number of carbonyl (C=O) groups is 2. The zero-order valence-corrected chi connectivity index (χ0v) is 17.1. The molecule has 0 spiro atoms. The van der Waals surface area contributed by atoms with Crippen molar-refractivity contribution < 1.29 is 32.2 Å². The van der Waals surface area contributed by atoms with Gasteiger partial charge < -0.3 is 19.7 Å². The fourth-order valence-electron chi connectivity index (χ4n) is 4.41. The molecule has 0 aliphatic carbocycles. The number of hydrogen-bond donors (Lipinski definition) is 1. The van der Waals surface area contributed by atoms with Gasteiger partial charge in [0, 0.05) is 17.5 Å². The Balaban J connectivity index is 1.58. The first-order valence-corrected chi connectivity index (χ1v) is 10.7.